The minimum absolute atomic E-state index is 0.237. The van der Waals surface area contributed by atoms with Crippen molar-refractivity contribution in [3.63, 3.8) is 0 Å². The van der Waals surface area contributed by atoms with Crippen molar-refractivity contribution in [2.75, 3.05) is 5.88 Å². The molecule has 0 N–H and O–H groups in total. The minimum atomic E-state index is -0.397. The Morgan fingerprint density at radius 3 is 2.43 bits per heavy atom. The maximum atomic E-state index is 10.7. The van der Waals surface area contributed by atoms with Gasteiger partial charge in [0, 0.05) is 11.9 Å². The molecule has 0 aromatic heterocycles. The van der Waals surface area contributed by atoms with Crippen LogP contribution in [-0.4, -0.2) is 11.8 Å². The number of hydrogen-bond donors (Lipinski definition) is 0. The largest absolute Gasteiger partial charge is 0.456 e. The topological polar surface area (TPSA) is 26.3 Å². The second-order valence-electron chi connectivity index (χ2n) is 2.80. The predicted octanol–water partition coefficient (Wildman–Crippen LogP) is 3.18. The molecule has 76 valence electrons. The lowest BCUT2D eigenvalue weighted by atomic mass is 10.1. The van der Waals surface area contributed by atoms with Crippen molar-refractivity contribution < 1.29 is 9.53 Å². The molecule has 1 aromatic rings. The fourth-order valence-electron chi connectivity index (χ4n) is 1.07. The average molecular weight is 233 g/mol. The molecule has 0 unspecified atom stereocenters. The van der Waals surface area contributed by atoms with Crippen molar-refractivity contribution in [2.45, 2.75) is 13.0 Å². The summed E-state index contributed by atoms with van der Waals surface area (Å²) in [5, 5.41) is 0.643. The summed E-state index contributed by atoms with van der Waals surface area (Å²) in [6.45, 7) is 1.36. The van der Waals surface area contributed by atoms with E-state index in [1.54, 1.807) is 24.3 Å². The Balaban J connectivity index is 2.78. The van der Waals surface area contributed by atoms with Gasteiger partial charge in [-0.25, -0.2) is 0 Å². The van der Waals surface area contributed by atoms with Crippen LogP contribution < -0.4 is 0 Å². The number of benzene rings is 1. The Bertz CT molecular complexity index is 308. The molecule has 2 nitrogen and oxygen atoms in total. The van der Waals surface area contributed by atoms with Crippen LogP contribution in [0.15, 0.2) is 24.3 Å². The summed E-state index contributed by atoms with van der Waals surface area (Å²) < 4.78 is 5.01. The van der Waals surface area contributed by atoms with E-state index in [0.29, 0.717) is 5.02 Å². The van der Waals surface area contributed by atoms with Crippen LogP contribution in [0, 0.1) is 0 Å². The Morgan fingerprint density at radius 2 is 2.00 bits per heavy atom. The third kappa shape index (κ3) is 3.20. The highest BCUT2D eigenvalue weighted by Crippen LogP contribution is 2.21. The molecule has 0 aliphatic heterocycles. The molecule has 1 aromatic carbocycles. The number of alkyl halides is 1. The van der Waals surface area contributed by atoms with Gasteiger partial charge in [-0.3, -0.25) is 4.79 Å². The van der Waals surface area contributed by atoms with Crippen LogP contribution in [0.1, 0.15) is 18.6 Å². The molecular weight excluding hydrogens is 223 g/mol. The number of ether oxygens (including phenoxy) is 1. The SMILES string of the molecule is CC(=O)O[C@@H](CCl)c1ccc(Cl)cc1. The van der Waals surface area contributed by atoms with E-state index in [9.17, 15) is 4.79 Å². The third-order valence-electron chi connectivity index (χ3n) is 1.69. The van der Waals surface area contributed by atoms with Gasteiger partial charge in [0.05, 0.1) is 5.88 Å². The number of rotatable bonds is 3. The standard InChI is InChI=1S/C10H10Cl2O2/c1-7(13)14-10(6-11)8-2-4-9(12)5-3-8/h2-5,10H,6H2,1H3/t10-/m0/s1. The lowest BCUT2D eigenvalue weighted by Gasteiger charge is -2.14. The summed E-state index contributed by atoms with van der Waals surface area (Å²) in [6, 6.07) is 7.05. The van der Waals surface area contributed by atoms with Crippen molar-refractivity contribution in [1.82, 2.24) is 0 Å². The van der Waals surface area contributed by atoms with E-state index in [-0.39, 0.29) is 11.8 Å². The molecule has 1 atom stereocenters. The summed E-state index contributed by atoms with van der Waals surface area (Å²) in [6.07, 6.45) is -0.397. The van der Waals surface area contributed by atoms with Crippen molar-refractivity contribution in [2.24, 2.45) is 0 Å². The van der Waals surface area contributed by atoms with E-state index < -0.39 is 6.10 Å². The van der Waals surface area contributed by atoms with Gasteiger partial charge in [-0.15, -0.1) is 11.6 Å². The zero-order valence-electron chi connectivity index (χ0n) is 7.67. The van der Waals surface area contributed by atoms with Gasteiger partial charge < -0.3 is 4.74 Å². The van der Waals surface area contributed by atoms with Crippen LogP contribution in [0.25, 0.3) is 0 Å². The van der Waals surface area contributed by atoms with E-state index >= 15 is 0 Å². The van der Waals surface area contributed by atoms with Gasteiger partial charge in [-0.2, -0.15) is 0 Å². The normalized spacial score (nSPS) is 12.2. The second kappa shape index (κ2) is 5.23. The average Bonchev–Trinajstić information content (AvgIpc) is 2.15. The first-order valence-electron chi connectivity index (χ1n) is 4.12. The molecular formula is C10H10Cl2O2. The number of carbonyl (C=O) groups excluding carboxylic acids is 1. The molecule has 0 radical (unpaired) electrons. The maximum absolute atomic E-state index is 10.7. The summed E-state index contributed by atoms with van der Waals surface area (Å²) in [5.41, 5.74) is 0.847. The fraction of sp³-hybridized carbons (Fsp3) is 0.300. The molecule has 0 fully saturated rings. The Morgan fingerprint density at radius 1 is 1.43 bits per heavy atom. The highest BCUT2D eigenvalue weighted by atomic mass is 35.5. The van der Waals surface area contributed by atoms with E-state index in [1.807, 2.05) is 0 Å². The van der Waals surface area contributed by atoms with Crippen molar-refractivity contribution in [1.29, 1.82) is 0 Å². The van der Waals surface area contributed by atoms with Gasteiger partial charge >= 0.3 is 5.97 Å². The van der Waals surface area contributed by atoms with Gasteiger partial charge in [0.1, 0.15) is 6.10 Å². The number of esters is 1. The summed E-state index contributed by atoms with van der Waals surface area (Å²) >= 11 is 11.4. The van der Waals surface area contributed by atoms with E-state index in [2.05, 4.69) is 0 Å². The van der Waals surface area contributed by atoms with Crippen molar-refractivity contribution >= 4 is 29.2 Å². The summed E-state index contributed by atoms with van der Waals surface area (Å²) in [7, 11) is 0. The molecule has 0 aliphatic rings. The molecule has 0 aliphatic carbocycles. The highest BCUT2D eigenvalue weighted by Gasteiger charge is 2.12. The first-order valence-corrected chi connectivity index (χ1v) is 5.03. The van der Waals surface area contributed by atoms with Crippen LogP contribution >= 0.6 is 23.2 Å². The summed E-state index contributed by atoms with van der Waals surface area (Å²) in [5.74, 6) is -0.105. The van der Waals surface area contributed by atoms with Crippen LogP contribution in [0.3, 0.4) is 0 Å². The molecule has 0 spiro atoms. The fourth-order valence-corrected chi connectivity index (χ4v) is 1.43. The number of halogens is 2. The predicted molar refractivity (Wildman–Crippen MR) is 56.7 cm³/mol. The third-order valence-corrected chi connectivity index (χ3v) is 2.22. The second-order valence-corrected chi connectivity index (χ2v) is 3.55. The Hall–Kier alpha value is -0.730. The molecule has 0 amide bonds. The first-order chi connectivity index (χ1) is 6.63. The quantitative estimate of drug-likeness (QED) is 0.592. The highest BCUT2D eigenvalue weighted by molar-refractivity contribution is 6.30. The Kier molecular flexibility index (Phi) is 4.23. The monoisotopic (exact) mass is 232 g/mol. The van der Waals surface area contributed by atoms with Crippen molar-refractivity contribution in [3.8, 4) is 0 Å². The van der Waals surface area contributed by atoms with Gasteiger partial charge in [0.2, 0.25) is 0 Å². The number of hydrogen-bond acceptors (Lipinski definition) is 2. The summed E-state index contributed by atoms with van der Waals surface area (Å²) in [4.78, 5) is 10.7. The van der Waals surface area contributed by atoms with Crippen LogP contribution in [0.2, 0.25) is 5.02 Å². The van der Waals surface area contributed by atoms with Crippen LogP contribution in [0.5, 0.6) is 0 Å². The molecule has 4 heteroatoms. The van der Waals surface area contributed by atoms with E-state index in [0.717, 1.165) is 5.56 Å². The minimum Gasteiger partial charge on any atom is -0.456 e. The van der Waals surface area contributed by atoms with Gasteiger partial charge in [-0.05, 0) is 17.7 Å². The van der Waals surface area contributed by atoms with Gasteiger partial charge in [0.15, 0.2) is 0 Å². The lowest BCUT2D eigenvalue weighted by molar-refractivity contribution is -0.145. The Labute approximate surface area is 92.8 Å². The zero-order chi connectivity index (χ0) is 10.6. The molecule has 14 heavy (non-hydrogen) atoms. The number of carbonyl (C=O) groups is 1. The molecule has 0 heterocycles. The molecule has 0 bridgehead atoms. The van der Waals surface area contributed by atoms with E-state index in [4.69, 9.17) is 27.9 Å². The van der Waals surface area contributed by atoms with E-state index in [1.165, 1.54) is 6.92 Å². The van der Waals surface area contributed by atoms with Crippen LogP contribution in [-0.2, 0) is 9.53 Å². The maximum Gasteiger partial charge on any atom is 0.303 e. The molecule has 0 saturated carbocycles. The van der Waals surface area contributed by atoms with Crippen LogP contribution in [0.4, 0.5) is 0 Å². The zero-order valence-corrected chi connectivity index (χ0v) is 9.18. The first kappa shape index (κ1) is 11.3. The lowest BCUT2D eigenvalue weighted by Crippen LogP contribution is -2.09. The van der Waals surface area contributed by atoms with Gasteiger partial charge in [0.25, 0.3) is 0 Å². The van der Waals surface area contributed by atoms with Crippen molar-refractivity contribution in [3.05, 3.63) is 34.9 Å². The molecule has 0 saturated heterocycles. The molecule has 1 rings (SSSR count). The van der Waals surface area contributed by atoms with Gasteiger partial charge in [-0.1, -0.05) is 23.7 Å². The smallest absolute Gasteiger partial charge is 0.303 e.